The van der Waals surface area contributed by atoms with Gasteiger partial charge in [-0.2, -0.15) is 5.09 Å². The number of rotatable bonds is 22. The topological polar surface area (TPSA) is 154 Å². The fourth-order valence-corrected chi connectivity index (χ4v) is 5.48. The maximum atomic E-state index is 13.6. The van der Waals surface area contributed by atoms with Crippen molar-refractivity contribution in [2.45, 2.75) is 83.6 Å². The van der Waals surface area contributed by atoms with Crippen LogP contribution in [0, 0.1) is 10.1 Å². The van der Waals surface area contributed by atoms with E-state index in [4.69, 9.17) is 13.8 Å². The monoisotopic (exact) mass is 592 g/mol. The number of esters is 1. The van der Waals surface area contributed by atoms with Crippen molar-refractivity contribution in [1.82, 2.24) is 5.09 Å². The molecular weight excluding hydrogens is 551 g/mol. The first-order valence-electron chi connectivity index (χ1n) is 14.1. The molecule has 0 fully saturated rings. The van der Waals surface area contributed by atoms with E-state index in [-0.39, 0.29) is 24.5 Å². The second-order valence-electron chi connectivity index (χ2n) is 9.73. The summed E-state index contributed by atoms with van der Waals surface area (Å²) in [7, 11) is -4.45. The first kappa shape index (κ1) is 33.9. The molecule has 0 saturated heterocycles. The molecule has 0 aromatic heterocycles. The predicted octanol–water partition coefficient (Wildman–Crippen LogP) is 6.85. The average Bonchev–Trinajstić information content (AvgIpc) is 2.95. The van der Waals surface area contributed by atoms with Crippen molar-refractivity contribution in [3.8, 4) is 5.75 Å². The number of nitrogens with zero attached hydrogens (tertiary/aromatic N) is 1. The summed E-state index contributed by atoms with van der Waals surface area (Å²) in [6.45, 7) is 1.64. The van der Waals surface area contributed by atoms with Crippen LogP contribution in [0.25, 0.3) is 0 Å². The summed E-state index contributed by atoms with van der Waals surface area (Å²) in [5.41, 5.74) is 0.439. The van der Waals surface area contributed by atoms with Gasteiger partial charge in [0.2, 0.25) is 0 Å². The van der Waals surface area contributed by atoms with Gasteiger partial charge in [-0.3, -0.25) is 19.4 Å². The fourth-order valence-electron chi connectivity index (χ4n) is 4.04. The third-order valence-electron chi connectivity index (χ3n) is 6.28. The van der Waals surface area contributed by atoms with Crippen LogP contribution in [0.3, 0.4) is 0 Å². The number of hydrogen-bond acceptors (Lipinski definition) is 8. The molecule has 0 aliphatic heterocycles. The van der Waals surface area contributed by atoms with Crippen LogP contribution in [0.15, 0.2) is 54.6 Å². The van der Waals surface area contributed by atoms with Crippen LogP contribution in [-0.2, 0) is 29.8 Å². The molecule has 0 heterocycles. The molecule has 0 radical (unpaired) electrons. The Hall–Kier alpha value is -3.27. The Morgan fingerprint density at radius 1 is 0.927 bits per heavy atom. The second-order valence-corrected chi connectivity index (χ2v) is 11.4. The molecule has 0 spiro atoms. The number of non-ortho nitro benzene ring substituents is 1. The van der Waals surface area contributed by atoms with E-state index < -0.39 is 37.3 Å². The van der Waals surface area contributed by atoms with Crippen molar-refractivity contribution in [2.75, 3.05) is 13.2 Å². The highest BCUT2D eigenvalue weighted by atomic mass is 31.2. The molecule has 0 saturated carbocycles. The Labute approximate surface area is 241 Å². The highest BCUT2D eigenvalue weighted by Gasteiger charge is 2.35. The van der Waals surface area contributed by atoms with Crippen molar-refractivity contribution in [3.05, 3.63) is 70.3 Å². The van der Waals surface area contributed by atoms with Gasteiger partial charge in [-0.25, -0.2) is 9.36 Å². The number of carbonyl (C=O) groups is 2. The van der Waals surface area contributed by atoms with E-state index in [2.05, 4.69) is 12.0 Å². The summed E-state index contributed by atoms with van der Waals surface area (Å²) in [5.74, 6) is -2.16. The van der Waals surface area contributed by atoms with E-state index in [1.807, 2.05) is 0 Å². The maximum Gasteiger partial charge on any atom is 0.460 e. The first-order valence-corrected chi connectivity index (χ1v) is 15.7. The number of carbonyl (C=O) groups excluding carboxylic acids is 1. The van der Waals surface area contributed by atoms with Crippen molar-refractivity contribution >= 4 is 25.4 Å². The largest absolute Gasteiger partial charge is 0.480 e. The highest BCUT2D eigenvalue weighted by Crippen LogP contribution is 2.45. The number of hydrogen-bond donors (Lipinski definition) is 2. The molecule has 2 aromatic carbocycles. The minimum absolute atomic E-state index is 0.0453. The molecule has 2 rings (SSSR count). The summed E-state index contributed by atoms with van der Waals surface area (Å²) in [5, 5.41) is 23.1. The van der Waals surface area contributed by atoms with Crippen LogP contribution in [0.5, 0.6) is 5.75 Å². The van der Waals surface area contributed by atoms with Gasteiger partial charge in [0, 0.05) is 12.1 Å². The highest BCUT2D eigenvalue weighted by molar-refractivity contribution is 7.52. The Bertz CT molecular complexity index is 1110. The van der Waals surface area contributed by atoms with E-state index in [1.54, 1.807) is 30.3 Å². The van der Waals surface area contributed by atoms with Gasteiger partial charge in [0.05, 0.1) is 11.5 Å². The molecule has 0 aliphatic rings. The quantitative estimate of drug-likeness (QED) is 0.0488. The van der Waals surface area contributed by atoms with Crippen LogP contribution < -0.4 is 9.61 Å². The molecule has 0 amide bonds. The molecule has 12 heteroatoms. The molecule has 41 heavy (non-hydrogen) atoms. The molecule has 0 bridgehead atoms. The number of nitro groups is 1. The van der Waals surface area contributed by atoms with Crippen molar-refractivity contribution in [3.63, 3.8) is 0 Å². The van der Waals surface area contributed by atoms with E-state index in [9.17, 15) is 29.4 Å². The summed E-state index contributed by atoms with van der Waals surface area (Å²) < 4.78 is 29.5. The number of aliphatic carboxylic acids is 1. The number of ether oxygens (including phenoxy) is 1. The van der Waals surface area contributed by atoms with Crippen LogP contribution in [0.2, 0.25) is 0 Å². The zero-order valence-corrected chi connectivity index (χ0v) is 24.5. The number of unbranched alkanes of at least 4 members (excludes halogenated alkanes) is 9. The molecule has 0 aliphatic carbocycles. The summed E-state index contributed by atoms with van der Waals surface area (Å²) >= 11 is 0. The Kier molecular flexibility index (Phi) is 15.7. The first-order chi connectivity index (χ1) is 19.7. The van der Waals surface area contributed by atoms with Crippen molar-refractivity contribution in [2.24, 2.45) is 0 Å². The molecule has 11 nitrogen and oxygen atoms in total. The van der Waals surface area contributed by atoms with Gasteiger partial charge in [0.25, 0.3) is 5.69 Å². The standard InChI is InChI=1S/C29H41N2O9P/c1-2-3-4-5-6-7-8-9-10-14-21-38-28(32)23-39-41(37,40-26-19-17-25(18-20-26)31(35)36)30-27(29(33)34)22-24-15-12-11-13-16-24/h11-13,15-20,27H,2-10,14,21-23H2,1H3,(H,30,37)(H,33,34)/t27-,41?/m0/s1. The normalized spacial score (nSPS) is 13.2. The van der Waals surface area contributed by atoms with Gasteiger partial charge in [0.15, 0.2) is 6.61 Å². The predicted molar refractivity (Wildman–Crippen MR) is 155 cm³/mol. The number of nitrogens with one attached hydrogen (secondary N) is 1. The molecule has 226 valence electrons. The van der Waals surface area contributed by atoms with Gasteiger partial charge >= 0.3 is 19.7 Å². The van der Waals surface area contributed by atoms with Crippen LogP contribution >= 0.6 is 7.75 Å². The van der Waals surface area contributed by atoms with Gasteiger partial charge in [-0.05, 0) is 30.5 Å². The Morgan fingerprint density at radius 2 is 1.51 bits per heavy atom. The second kappa shape index (κ2) is 19.0. The number of nitro benzene ring substituents is 1. The lowest BCUT2D eigenvalue weighted by molar-refractivity contribution is -0.384. The molecule has 2 atom stereocenters. The van der Waals surface area contributed by atoms with E-state index in [0.29, 0.717) is 12.0 Å². The van der Waals surface area contributed by atoms with Crippen molar-refractivity contribution < 1.29 is 38.0 Å². The average molecular weight is 593 g/mol. The van der Waals surface area contributed by atoms with E-state index in [0.717, 1.165) is 31.4 Å². The minimum Gasteiger partial charge on any atom is -0.480 e. The van der Waals surface area contributed by atoms with Gasteiger partial charge < -0.3 is 14.4 Å². The van der Waals surface area contributed by atoms with Gasteiger partial charge in [-0.1, -0.05) is 95.0 Å². The summed E-state index contributed by atoms with van der Waals surface area (Å²) in [6.07, 6.45) is 11.3. The van der Waals surface area contributed by atoms with Gasteiger partial charge in [-0.15, -0.1) is 0 Å². The summed E-state index contributed by atoms with van der Waals surface area (Å²) in [6, 6.07) is 12.0. The number of carboxylic acids is 1. The third-order valence-corrected chi connectivity index (χ3v) is 7.83. The minimum atomic E-state index is -4.45. The van der Waals surface area contributed by atoms with Crippen LogP contribution in [0.4, 0.5) is 5.69 Å². The number of benzene rings is 2. The third kappa shape index (κ3) is 14.3. The van der Waals surface area contributed by atoms with E-state index in [1.165, 1.54) is 50.7 Å². The van der Waals surface area contributed by atoms with Crippen LogP contribution in [-0.4, -0.2) is 41.2 Å². The maximum absolute atomic E-state index is 13.6. The Balaban J connectivity index is 1.90. The molecular formula is C29H41N2O9P. The van der Waals surface area contributed by atoms with Crippen molar-refractivity contribution in [1.29, 1.82) is 0 Å². The summed E-state index contributed by atoms with van der Waals surface area (Å²) in [4.78, 5) is 34.6. The zero-order chi connectivity index (χ0) is 29.9. The van der Waals surface area contributed by atoms with E-state index >= 15 is 0 Å². The smallest absolute Gasteiger partial charge is 0.460 e. The molecule has 2 aromatic rings. The lowest BCUT2D eigenvalue weighted by Crippen LogP contribution is -2.38. The molecule has 1 unspecified atom stereocenters. The SMILES string of the molecule is CCCCCCCCCCCCOC(=O)COP(=O)(N[C@@H](Cc1ccccc1)C(=O)O)Oc1ccc([N+](=O)[O-])cc1. The lowest BCUT2D eigenvalue weighted by Gasteiger charge is -2.23. The zero-order valence-electron chi connectivity index (χ0n) is 23.6. The van der Waals surface area contributed by atoms with Gasteiger partial charge in [0.1, 0.15) is 11.8 Å². The lowest BCUT2D eigenvalue weighted by atomic mass is 10.1. The van der Waals surface area contributed by atoms with Crippen LogP contribution in [0.1, 0.15) is 76.7 Å². The number of carboxylic acid groups (broad SMARTS) is 1. The molecule has 2 N–H and O–H groups in total. The Morgan fingerprint density at radius 3 is 2.07 bits per heavy atom. The fraction of sp³-hybridized carbons (Fsp3) is 0.517.